The van der Waals surface area contributed by atoms with Gasteiger partial charge >= 0.3 is 0 Å². The van der Waals surface area contributed by atoms with Gasteiger partial charge in [-0.1, -0.05) is 0 Å². The molecule has 7 heteroatoms. The zero-order valence-electron chi connectivity index (χ0n) is 10.9. The van der Waals surface area contributed by atoms with Crippen LogP contribution in [0.2, 0.25) is 0 Å². The van der Waals surface area contributed by atoms with Crippen molar-refractivity contribution in [3.63, 3.8) is 0 Å². The number of rotatable bonds is 3. The van der Waals surface area contributed by atoms with Crippen LogP contribution in [0.15, 0.2) is 11.2 Å². The molecule has 0 aliphatic carbocycles. The normalized spacial score (nSPS) is 24.1. The summed E-state index contributed by atoms with van der Waals surface area (Å²) >= 11 is 0. The van der Waals surface area contributed by atoms with Gasteiger partial charge < -0.3 is 9.88 Å². The van der Waals surface area contributed by atoms with Crippen LogP contribution in [0.5, 0.6) is 0 Å². The highest BCUT2D eigenvalue weighted by atomic mass is 32.2. The molecule has 0 unspecified atom stereocenters. The Labute approximate surface area is 113 Å². The van der Waals surface area contributed by atoms with Crippen molar-refractivity contribution >= 4 is 10.0 Å². The van der Waals surface area contributed by atoms with Crippen LogP contribution in [-0.2, 0) is 23.0 Å². The summed E-state index contributed by atoms with van der Waals surface area (Å²) < 4.78 is 29.3. The van der Waals surface area contributed by atoms with E-state index in [1.165, 1.54) is 0 Å². The maximum absolute atomic E-state index is 12.3. The lowest BCUT2D eigenvalue weighted by atomic mass is 10.1. The highest BCUT2D eigenvalue weighted by Gasteiger charge is 2.25. The first-order valence-electron chi connectivity index (χ1n) is 6.94. The fourth-order valence-corrected chi connectivity index (χ4v) is 4.00. The van der Waals surface area contributed by atoms with Crippen molar-refractivity contribution in [2.45, 2.75) is 49.7 Å². The van der Waals surface area contributed by atoms with Crippen molar-refractivity contribution in [3.8, 4) is 0 Å². The zero-order valence-corrected chi connectivity index (χ0v) is 11.7. The van der Waals surface area contributed by atoms with Crippen LogP contribution >= 0.6 is 0 Å². The van der Waals surface area contributed by atoms with Crippen molar-refractivity contribution in [1.29, 1.82) is 0 Å². The second-order valence-corrected chi connectivity index (χ2v) is 6.97. The molecule has 0 radical (unpaired) electrons. The molecule has 2 aliphatic rings. The number of fused-ring (bicyclic) bond motifs is 1. The van der Waals surface area contributed by atoms with Gasteiger partial charge in [0.05, 0.1) is 0 Å². The Balaban J connectivity index is 1.77. The lowest BCUT2D eigenvalue weighted by Crippen LogP contribution is -2.45. The van der Waals surface area contributed by atoms with E-state index in [0.29, 0.717) is 6.54 Å². The largest absolute Gasteiger partial charge is 0.333 e. The van der Waals surface area contributed by atoms with E-state index in [1.54, 1.807) is 6.20 Å². The van der Waals surface area contributed by atoms with E-state index < -0.39 is 10.0 Å². The Morgan fingerprint density at radius 1 is 1.37 bits per heavy atom. The molecule has 1 atom stereocenters. The predicted molar refractivity (Wildman–Crippen MR) is 71.4 cm³/mol. The van der Waals surface area contributed by atoms with Gasteiger partial charge in [0, 0.05) is 31.7 Å². The third-order valence-electron chi connectivity index (χ3n) is 3.78. The minimum absolute atomic E-state index is 0.0162. The summed E-state index contributed by atoms with van der Waals surface area (Å²) in [7, 11) is -3.48. The zero-order chi connectivity index (χ0) is 13.3. The number of sulfonamides is 1. The molecule has 106 valence electrons. The molecule has 0 saturated carbocycles. The Morgan fingerprint density at radius 3 is 3.00 bits per heavy atom. The Morgan fingerprint density at radius 2 is 2.26 bits per heavy atom. The van der Waals surface area contributed by atoms with Gasteiger partial charge in [-0.15, -0.1) is 0 Å². The third kappa shape index (κ3) is 2.82. The van der Waals surface area contributed by atoms with Crippen LogP contribution in [0.4, 0.5) is 0 Å². The smallest absolute Gasteiger partial charge is 0.259 e. The van der Waals surface area contributed by atoms with Gasteiger partial charge in [-0.25, -0.2) is 18.1 Å². The SMILES string of the molecule is O=S(=O)(N[C@H]1CCCNC1)c1cn2c(n1)CCCC2. The van der Waals surface area contributed by atoms with Crippen LogP contribution in [-0.4, -0.2) is 37.1 Å². The first kappa shape index (κ1) is 13.1. The number of imidazole rings is 1. The molecule has 2 aliphatic heterocycles. The standard InChI is InChI=1S/C12H20N4O2S/c17-19(18,15-10-4-3-6-13-8-10)12-9-16-7-2-1-5-11(16)14-12/h9-10,13,15H,1-8H2/t10-/m0/s1. The fourth-order valence-electron chi connectivity index (χ4n) is 2.75. The quantitative estimate of drug-likeness (QED) is 0.834. The summed E-state index contributed by atoms with van der Waals surface area (Å²) in [5, 5.41) is 3.38. The Bertz CT molecular complexity index is 523. The van der Waals surface area contributed by atoms with Gasteiger partial charge in [0.2, 0.25) is 0 Å². The number of nitrogens with one attached hydrogen (secondary N) is 2. The molecule has 3 rings (SSSR count). The van der Waals surface area contributed by atoms with Crippen LogP contribution in [0.3, 0.4) is 0 Å². The molecule has 2 N–H and O–H groups in total. The molecule has 1 saturated heterocycles. The Kier molecular flexibility index (Phi) is 3.60. The number of hydrogen-bond acceptors (Lipinski definition) is 4. The summed E-state index contributed by atoms with van der Waals surface area (Å²) in [4.78, 5) is 4.28. The van der Waals surface area contributed by atoms with Crippen LogP contribution in [0.25, 0.3) is 0 Å². The molecule has 3 heterocycles. The number of aromatic nitrogens is 2. The van der Waals surface area contributed by atoms with Crippen molar-refractivity contribution in [1.82, 2.24) is 19.6 Å². The van der Waals surface area contributed by atoms with Gasteiger partial charge in [0.1, 0.15) is 5.82 Å². The predicted octanol–water partition coefficient (Wildman–Crippen LogP) is 0.250. The number of piperidine rings is 1. The van der Waals surface area contributed by atoms with Crippen molar-refractivity contribution < 1.29 is 8.42 Å². The molecule has 0 amide bonds. The lowest BCUT2D eigenvalue weighted by molar-refractivity contribution is 0.428. The minimum atomic E-state index is -3.48. The van der Waals surface area contributed by atoms with E-state index in [1.807, 2.05) is 4.57 Å². The molecule has 1 aromatic rings. The highest BCUT2D eigenvalue weighted by Crippen LogP contribution is 2.18. The average molecular weight is 284 g/mol. The first-order valence-corrected chi connectivity index (χ1v) is 8.42. The molecule has 1 fully saturated rings. The molecule has 6 nitrogen and oxygen atoms in total. The topological polar surface area (TPSA) is 76.0 Å². The van der Waals surface area contributed by atoms with Crippen LogP contribution in [0, 0.1) is 0 Å². The van der Waals surface area contributed by atoms with E-state index in [-0.39, 0.29) is 11.1 Å². The van der Waals surface area contributed by atoms with Gasteiger partial charge in [-0.05, 0) is 32.2 Å². The van der Waals surface area contributed by atoms with E-state index in [4.69, 9.17) is 0 Å². The van der Waals surface area contributed by atoms with Gasteiger partial charge in [0.15, 0.2) is 5.03 Å². The van der Waals surface area contributed by atoms with Crippen molar-refractivity contribution in [2.24, 2.45) is 0 Å². The van der Waals surface area contributed by atoms with Gasteiger partial charge in [0.25, 0.3) is 10.0 Å². The summed E-state index contributed by atoms with van der Waals surface area (Å²) in [6, 6.07) is -0.0162. The minimum Gasteiger partial charge on any atom is -0.333 e. The van der Waals surface area contributed by atoms with E-state index in [0.717, 1.165) is 51.0 Å². The molecule has 0 spiro atoms. The lowest BCUT2D eigenvalue weighted by Gasteiger charge is -2.23. The summed E-state index contributed by atoms with van der Waals surface area (Å²) in [5.41, 5.74) is 0. The van der Waals surface area contributed by atoms with Gasteiger partial charge in [-0.2, -0.15) is 0 Å². The molecular weight excluding hydrogens is 264 g/mol. The summed E-state index contributed by atoms with van der Waals surface area (Å²) in [5.74, 6) is 0.897. The van der Waals surface area contributed by atoms with Gasteiger partial charge in [-0.3, -0.25) is 0 Å². The summed E-state index contributed by atoms with van der Waals surface area (Å²) in [6.45, 7) is 2.55. The number of nitrogens with zero attached hydrogens (tertiary/aromatic N) is 2. The second kappa shape index (κ2) is 5.22. The number of aryl methyl sites for hydroxylation is 2. The van der Waals surface area contributed by atoms with Crippen molar-refractivity contribution in [2.75, 3.05) is 13.1 Å². The fraction of sp³-hybridized carbons (Fsp3) is 0.750. The Hall–Kier alpha value is -0.920. The molecule has 19 heavy (non-hydrogen) atoms. The van der Waals surface area contributed by atoms with Crippen LogP contribution in [0.1, 0.15) is 31.5 Å². The van der Waals surface area contributed by atoms with E-state index in [9.17, 15) is 8.42 Å². The monoisotopic (exact) mass is 284 g/mol. The highest BCUT2D eigenvalue weighted by molar-refractivity contribution is 7.89. The third-order valence-corrected chi connectivity index (χ3v) is 5.17. The number of hydrogen-bond donors (Lipinski definition) is 2. The maximum atomic E-state index is 12.3. The molecular formula is C12H20N4O2S. The maximum Gasteiger partial charge on any atom is 0.259 e. The first-order chi connectivity index (χ1) is 9.15. The average Bonchev–Trinajstić information content (AvgIpc) is 2.84. The second-order valence-electron chi connectivity index (χ2n) is 5.31. The van der Waals surface area contributed by atoms with E-state index in [2.05, 4.69) is 15.0 Å². The van der Waals surface area contributed by atoms with Crippen LogP contribution < -0.4 is 10.0 Å². The molecule has 0 bridgehead atoms. The van der Waals surface area contributed by atoms with Crippen molar-refractivity contribution in [3.05, 3.63) is 12.0 Å². The van der Waals surface area contributed by atoms with E-state index >= 15 is 0 Å². The molecule has 1 aromatic heterocycles. The molecule has 0 aromatic carbocycles. The summed E-state index contributed by atoms with van der Waals surface area (Å²) in [6.07, 6.45) is 6.64.